The first-order valence-corrected chi connectivity index (χ1v) is 7.88. The Morgan fingerprint density at radius 1 is 0.682 bits per heavy atom. The van der Waals surface area contributed by atoms with Crippen LogP contribution in [0.15, 0.2) is 48.6 Å². The second-order valence-electron chi connectivity index (χ2n) is 4.24. The lowest BCUT2D eigenvalue weighted by Crippen LogP contribution is -1.97. The Bertz CT molecular complexity index is 614. The van der Waals surface area contributed by atoms with Crippen molar-refractivity contribution in [1.82, 2.24) is 0 Å². The number of rotatable bonds is 6. The summed E-state index contributed by atoms with van der Waals surface area (Å²) < 4.78 is 11.0. The van der Waals surface area contributed by atoms with E-state index >= 15 is 0 Å². The molecule has 0 aliphatic heterocycles. The minimum Gasteiger partial charge on any atom is -0.488 e. The van der Waals surface area contributed by atoms with Gasteiger partial charge in [0.2, 0.25) is 0 Å². The monoisotopic (exact) mass is 376 g/mol. The van der Waals surface area contributed by atoms with Crippen LogP contribution in [0.4, 0.5) is 0 Å². The Kier molecular flexibility index (Phi) is 6.71. The van der Waals surface area contributed by atoms with Crippen LogP contribution in [0.3, 0.4) is 0 Å². The molecule has 0 saturated heterocycles. The maximum Gasteiger partial charge on any atom is 0.138 e. The molecule has 22 heavy (non-hydrogen) atoms. The van der Waals surface area contributed by atoms with Gasteiger partial charge in [-0.1, -0.05) is 46.4 Å². The second kappa shape index (κ2) is 8.54. The number of ether oxygens (including phenoxy) is 2. The minimum absolute atomic E-state index is 0.374. The predicted molar refractivity (Wildman–Crippen MR) is 93.1 cm³/mol. The van der Waals surface area contributed by atoms with Gasteiger partial charge < -0.3 is 9.47 Å². The fraction of sp³-hybridized carbons (Fsp3) is 0.125. The fourth-order valence-corrected chi connectivity index (χ4v) is 2.52. The van der Waals surface area contributed by atoms with Crippen molar-refractivity contribution in [1.29, 1.82) is 0 Å². The normalized spacial score (nSPS) is 10.9. The first kappa shape index (κ1) is 17.3. The lowest BCUT2D eigenvalue weighted by molar-refractivity contribution is 0.350. The van der Waals surface area contributed by atoms with Crippen molar-refractivity contribution in [2.24, 2.45) is 0 Å². The van der Waals surface area contributed by atoms with E-state index in [-0.39, 0.29) is 0 Å². The quantitative estimate of drug-likeness (QED) is 0.548. The van der Waals surface area contributed by atoms with Gasteiger partial charge in [-0.05, 0) is 48.6 Å². The first-order valence-electron chi connectivity index (χ1n) is 6.37. The van der Waals surface area contributed by atoms with Gasteiger partial charge in [0.25, 0.3) is 0 Å². The third-order valence-electron chi connectivity index (χ3n) is 2.62. The molecule has 0 aromatic heterocycles. The Labute approximate surface area is 149 Å². The number of hydrogen-bond acceptors (Lipinski definition) is 2. The van der Waals surface area contributed by atoms with Gasteiger partial charge in [0.1, 0.15) is 24.7 Å². The minimum atomic E-state index is 0.374. The molecule has 0 saturated carbocycles. The summed E-state index contributed by atoms with van der Waals surface area (Å²) >= 11 is 23.6. The summed E-state index contributed by atoms with van der Waals surface area (Å²) in [6, 6.07) is 10.2. The Hall–Kier alpha value is -1.06. The molecule has 0 bridgehead atoms. The topological polar surface area (TPSA) is 18.5 Å². The highest BCUT2D eigenvalue weighted by Crippen LogP contribution is 2.28. The van der Waals surface area contributed by atoms with Crippen molar-refractivity contribution in [3.8, 4) is 11.5 Å². The van der Waals surface area contributed by atoms with Crippen molar-refractivity contribution < 1.29 is 9.47 Å². The van der Waals surface area contributed by atoms with Crippen molar-refractivity contribution in [2.75, 3.05) is 13.2 Å². The standard InChI is InChI=1S/C16H12Cl4O2/c17-11-3-5-15(13(19)9-11)21-7-1-2-8-22-16-6-4-12(18)10-14(16)20/h1-6,9-10H,7-8H2/b2-1+. The van der Waals surface area contributed by atoms with Crippen molar-refractivity contribution in [2.45, 2.75) is 0 Å². The maximum absolute atomic E-state index is 6.00. The highest BCUT2D eigenvalue weighted by atomic mass is 35.5. The van der Waals surface area contributed by atoms with Gasteiger partial charge in [-0.15, -0.1) is 0 Å². The van der Waals surface area contributed by atoms with E-state index in [1.165, 1.54) is 0 Å². The van der Waals surface area contributed by atoms with E-state index in [4.69, 9.17) is 55.9 Å². The SMILES string of the molecule is Clc1ccc(OC/C=C/COc2ccc(Cl)cc2Cl)c(Cl)c1. The van der Waals surface area contributed by atoms with Gasteiger partial charge in [-0.3, -0.25) is 0 Å². The number of halogens is 4. The van der Waals surface area contributed by atoms with E-state index in [1.54, 1.807) is 36.4 Å². The van der Waals surface area contributed by atoms with Crippen LogP contribution < -0.4 is 9.47 Å². The summed E-state index contributed by atoms with van der Waals surface area (Å²) in [4.78, 5) is 0. The molecular weight excluding hydrogens is 366 g/mol. The molecule has 0 heterocycles. The van der Waals surface area contributed by atoms with E-state index < -0.39 is 0 Å². The molecule has 0 N–H and O–H groups in total. The largest absolute Gasteiger partial charge is 0.488 e. The van der Waals surface area contributed by atoms with E-state index in [9.17, 15) is 0 Å². The van der Waals surface area contributed by atoms with E-state index in [0.717, 1.165) is 0 Å². The van der Waals surface area contributed by atoms with Crippen molar-refractivity contribution in [3.05, 3.63) is 68.6 Å². The Balaban J connectivity index is 1.76. The summed E-state index contributed by atoms with van der Waals surface area (Å²) in [5.74, 6) is 1.16. The molecular formula is C16H12Cl4O2. The van der Waals surface area contributed by atoms with Crippen LogP contribution in [0.2, 0.25) is 20.1 Å². The molecule has 116 valence electrons. The van der Waals surface area contributed by atoms with Crippen LogP contribution in [0.5, 0.6) is 11.5 Å². The summed E-state index contributed by atoms with van der Waals surface area (Å²) in [6.07, 6.45) is 3.66. The van der Waals surface area contributed by atoms with Crippen molar-refractivity contribution >= 4 is 46.4 Å². The van der Waals surface area contributed by atoms with Crippen LogP contribution >= 0.6 is 46.4 Å². The van der Waals surface area contributed by atoms with Crippen LogP contribution in [-0.2, 0) is 0 Å². The average molecular weight is 378 g/mol. The second-order valence-corrected chi connectivity index (χ2v) is 5.93. The van der Waals surface area contributed by atoms with Crippen LogP contribution in [0.25, 0.3) is 0 Å². The molecule has 2 aromatic rings. The summed E-state index contributed by atoms with van der Waals surface area (Å²) in [5, 5.41) is 2.09. The highest BCUT2D eigenvalue weighted by Gasteiger charge is 2.02. The van der Waals surface area contributed by atoms with Crippen LogP contribution in [0, 0.1) is 0 Å². The molecule has 2 rings (SSSR count). The zero-order chi connectivity index (χ0) is 15.9. The molecule has 2 nitrogen and oxygen atoms in total. The van der Waals surface area contributed by atoms with E-state index in [1.807, 2.05) is 12.2 Å². The molecule has 6 heteroatoms. The molecule has 0 amide bonds. The van der Waals surface area contributed by atoms with Gasteiger partial charge in [0, 0.05) is 10.0 Å². The number of benzene rings is 2. The Morgan fingerprint density at radius 3 is 1.45 bits per heavy atom. The van der Waals surface area contributed by atoms with Gasteiger partial charge in [-0.25, -0.2) is 0 Å². The lowest BCUT2D eigenvalue weighted by Gasteiger charge is -2.06. The van der Waals surface area contributed by atoms with Gasteiger partial charge in [0.05, 0.1) is 10.0 Å². The third kappa shape index (κ3) is 5.29. The van der Waals surface area contributed by atoms with E-state index in [2.05, 4.69) is 0 Å². The number of hydrogen-bond donors (Lipinski definition) is 0. The summed E-state index contributed by atoms with van der Waals surface area (Å²) in [6.45, 7) is 0.748. The third-order valence-corrected chi connectivity index (χ3v) is 3.69. The fourth-order valence-electron chi connectivity index (χ4n) is 1.60. The first-order chi connectivity index (χ1) is 10.6. The van der Waals surface area contributed by atoms with Crippen molar-refractivity contribution in [3.63, 3.8) is 0 Å². The zero-order valence-corrected chi connectivity index (χ0v) is 14.4. The summed E-state index contributed by atoms with van der Waals surface area (Å²) in [7, 11) is 0. The van der Waals surface area contributed by atoms with Crippen LogP contribution in [-0.4, -0.2) is 13.2 Å². The van der Waals surface area contributed by atoms with Gasteiger partial charge >= 0.3 is 0 Å². The maximum atomic E-state index is 6.00. The molecule has 2 aromatic carbocycles. The highest BCUT2D eigenvalue weighted by molar-refractivity contribution is 6.36. The molecule has 0 spiro atoms. The molecule has 0 aliphatic rings. The van der Waals surface area contributed by atoms with E-state index in [0.29, 0.717) is 44.8 Å². The lowest BCUT2D eigenvalue weighted by atomic mass is 10.3. The molecule has 0 atom stereocenters. The predicted octanol–water partition coefficient (Wildman–Crippen LogP) is 6.31. The summed E-state index contributed by atoms with van der Waals surface area (Å²) in [5.41, 5.74) is 0. The zero-order valence-electron chi connectivity index (χ0n) is 11.4. The molecule has 0 aliphatic carbocycles. The average Bonchev–Trinajstić information content (AvgIpc) is 2.46. The van der Waals surface area contributed by atoms with Gasteiger partial charge in [-0.2, -0.15) is 0 Å². The molecule has 0 fully saturated rings. The molecule has 0 radical (unpaired) electrons. The Morgan fingerprint density at radius 2 is 1.09 bits per heavy atom. The molecule has 0 unspecified atom stereocenters. The van der Waals surface area contributed by atoms with Gasteiger partial charge in [0.15, 0.2) is 0 Å². The van der Waals surface area contributed by atoms with Crippen LogP contribution in [0.1, 0.15) is 0 Å². The smallest absolute Gasteiger partial charge is 0.138 e.